The van der Waals surface area contributed by atoms with Gasteiger partial charge in [-0.3, -0.25) is 20.0 Å². The lowest BCUT2D eigenvalue weighted by Crippen LogP contribution is -2.40. The first kappa shape index (κ1) is 18.9. The number of nitrogens with one attached hydrogen (secondary N) is 2. The van der Waals surface area contributed by atoms with E-state index in [4.69, 9.17) is 11.6 Å². The molecule has 0 bridgehead atoms. The molecule has 0 saturated heterocycles. The van der Waals surface area contributed by atoms with Crippen molar-refractivity contribution in [1.29, 1.82) is 0 Å². The van der Waals surface area contributed by atoms with Crippen LogP contribution in [0.4, 0.5) is 5.69 Å². The van der Waals surface area contributed by atoms with E-state index in [0.29, 0.717) is 11.6 Å². The van der Waals surface area contributed by atoms with Gasteiger partial charge in [-0.25, -0.2) is 0 Å². The number of rotatable bonds is 7. The minimum Gasteiger partial charge on any atom is -0.350 e. The smallest absolute Gasteiger partial charge is 0.322 e. The number of nitro groups is 1. The molecular weight excluding hydrogens is 344 g/mol. The molecule has 0 aliphatic heterocycles. The Morgan fingerprint density at radius 1 is 1.32 bits per heavy atom. The van der Waals surface area contributed by atoms with Gasteiger partial charge in [0.2, 0.25) is 5.69 Å². The number of carbonyl (C=O) groups is 1. The Morgan fingerprint density at radius 2 is 1.92 bits per heavy atom. The Balaban J connectivity index is 2.23. The van der Waals surface area contributed by atoms with E-state index in [1.54, 1.807) is 0 Å². The summed E-state index contributed by atoms with van der Waals surface area (Å²) in [5.74, 6) is -0.559. The Morgan fingerprint density at radius 3 is 2.44 bits per heavy atom. The fourth-order valence-electron chi connectivity index (χ4n) is 2.95. The number of H-pyrrole nitrogens is 1. The summed E-state index contributed by atoms with van der Waals surface area (Å²) in [7, 11) is 0. The molecule has 0 unspecified atom stereocenters. The van der Waals surface area contributed by atoms with Crippen molar-refractivity contribution in [2.45, 2.75) is 39.0 Å². The van der Waals surface area contributed by atoms with Crippen LogP contribution in [0.3, 0.4) is 0 Å². The number of carbonyl (C=O) groups excluding carboxylic acids is 1. The maximum Gasteiger partial charge on any atom is 0.322 e. The molecule has 25 heavy (non-hydrogen) atoms. The van der Waals surface area contributed by atoms with Crippen LogP contribution in [-0.2, 0) is 5.41 Å². The van der Waals surface area contributed by atoms with Crippen LogP contribution in [0.5, 0.6) is 0 Å². The van der Waals surface area contributed by atoms with Crippen molar-refractivity contribution in [3.8, 4) is 0 Å². The topological polar surface area (TPSA) is 101 Å². The summed E-state index contributed by atoms with van der Waals surface area (Å²) in [5.41, 5.74) is 0.558. The lowest BCUT2D eigenvalue weighted by atomic mass is 9.76. The predicted octanol–water partition coefficient (Wildman–Crippen LogP) is 3.77. The molecule has 8 heteroatoms. The molecule has 0 radical (unpaired) electrons. The predicted molar refractivity (Wildman–Crippen MR) is 96.0 cm³/mol. The van der Waals surface area contributed by atoms with Crippen molar-refractivity contribution < 1.29 is 9.72 Å². The second kappa shape index (κ2) is 7.65. The van der Waals surface area contributed by atoms with Crippen molar-refractivity contribution in [3.63, 3.8) is 0 Å². The third-order valence-corrected chi connectivity index (χ3v) is 4.96. The molecule has 2 rings (SSSR count). The number of hydrogen-bond acceptors (Lipinski definition) is 4. The van der Waals surface area contributed by atoms with Gasteiger partial charge in [0.1, 0.15) is 5.69 Å². The highest BCUT2D eigenvalue weighted by atomic mass is 35.5. The van der Waals surface area contributed by atoms with Gasteiger partial charge in [0.25, 0.3) is 5.91 Å². The number of amides is 1. The fraction of sp³-hybridized carbons (Fsp3) is 0.412. The molecule has 1 aromatic heterocycles. The summed E-state index contributed by atoms with van der Waals surface area (Å²) in [6, 6.07) is 7.53. The van der Waals surface area contributed by atoms with Crippen LogP contribution >= 0.6 is 11.6 Å². The molecule has 134 valence electrons. The molecule has 0 spiro atoms. The minimum atomic E-state index is -0.597. The number of aromatic amines is 1. The lowest BCUT2D eigenvalue weighted by molar-refractivity contribution is -0.385. The Kier molecular flexibility index (Phi) is 5.79. The van der Waals surface area contributed by atoms with Crippen LogP contribution < -0.4 is 5.32 Å². The highest BCUT2D eigenvalue weighted by Crippen LogP contribution is 2.32. The van der Waals surface area contributed by atoms with Crippen LogP contribution in [0.1, 0.15) is 48.4 Å². The number of nitrogens with zero attached hydrogens (tertiary/aromatic N) is 2. The van der Waals surface area contributed by atoms with Gasteiger partial charge in [-0.15, -0.1) is 0 Å². The average molecular weight is 365 g/mol. The van der Waals surface area contributed by atoms with Gasteiger partial charge in [-0.2, -0.15) is 5.10 Å². The summed E-state index contributed by atoms with van der Waals surface area (Å²) in [4.78, 5) is 23.0. The molecule has 0 atom stereocenters. The zero-order valence-corrected chi connectivity index (χ0v) is 15.2. The Bertz CT molecular complexity index is 767. The van der Waals surface area contributed by atoms with Crippen LogP contribution in [0, 0.1) is 17.0 Å². The minimum absolute atomic E-state index is 0.195. The molecule has 2 aromatic rings. The number of halogens is 1. The number of benzene rings is 1. The van der Waals surface area contributed by atoms with Crippen LogP contribution in [0.25, 0.3) is 0 Å². The van der Waals surface area contributed by atoms with E-state index in [9.17, 15) is 14.9 Å². The maximum absolute atomic E-state index is 12.4. The molecule has 1 aromatic carbocycles. The first-order valence-corrected chi connectivity index (χ1v) is 8.46. The second-order valence-electron chi connectivity index (χ2n) is 5.98. The summed E-state index contributed by atoms with van der Waals surface area (Å²) in [6.07, 6.45) is 1.60. The van der Waals surface area contributed by atoms with Gasteiger partial charge in [0.05, 0.1) is 4.92 Å². The molecule has 1 amide bonds. The highest BCUT2D eigenvalue weighted by Gasteiger charge is 2.32. The van der Waals surface area contributed by atoms with Crippen molar-refractivity contribution in [3.05, 3.63) is 56.4 Å². The first-order valence-electron chi connectivity index (χ1n) is 8.08. The zero-order chi connectivity index (χ0) is 18.6. The molecular formula is C17H21ClN4O3. The number of aromatic nitrogens is 2. The van der Waals surface area contributed by atoms with Gasteiger partial charge in [-0.05, 0) is 37.5 Å². The van der Waals surface area contributed by atoms with Crippen LogP contribution in [0.15, 0.2) is 24.3 Å². The third kappa shape index (κ3) is 3.82. The first-order chi connectivity index (χ1) is 11.8. The van der Waals surface area contributed by atoms with Crippen molar-refractivity contribution >= 4 is 23.2 Å². The molecule has 0 aliphatic rings. The van der Waals surface area contributed by atoms with Gasteiger partial charge >= 0.3 is 5.69 Å². The molecule has 2 N–H and O–H groups in total. The van der Waals surface area contributed by atoms with Crippen LogP contribution in [-0.4, -0.2) is 27.6 Å². The van der Waals surface area contributed by atoms with E-state index >= 15 is 0 Å². The van der Waals surface area contributed by atoms with Crippen molar-refractivity contribution in [2.75, 3.05) is 6.54 Å². The van der Waals surface area contributed by atoms with Gasteiger partial charge in [0.15, 0.2) is 0 Å². The second-order valence-corrected chi connectivity index (χ2v) is 6.42. The quantitative estimate of drug-likeness (QED) is 0.576. The van der Waals surface area contributed by atoms with E-state index in [0.717, 1.165) is 18.4 Å². The Labute approximate surface area is 150 Å². The van der Waals surface area contributed by atoms with Crippen molar-refractivity contribution in [1.82, 2.24) is 15.5 Å². The molecule has 7 nitrogen and oxygen atoms in total. The van der Waals surface area contributed by atoms with Gasteiger partial charge < -0.3 is 5.32 Å². The average Bonchev–Trinajstić information content (AvgIpc) is 2.99. The molecule has 0 saturated carbocycles. The van der Waals surface area contributed by atoms with E-state index in [1.165, 1.54) is 6.92 Å². The summed E-state index contributed by atoms with van der Waals surface area (Å²) >= 11 is 5.96. The summed E-state index contributed by atoms with van der Waals surface area (Å²) in [6.45, 7) is 5.96. The standard InChI is InChI=1S/C17H21ClN4O3/c1-4-17(5-2,12-6-8-13(18)9-7-12)10-19-16(23)14-15(22(24)25)11(3)20-21-14/h6-9H,4-5,10H2,1-3H3,(H,19,23)(H,20,21). The summed E-state index contributed by atoms with van der Waals surface area (Å²) in [5, 5.41) is 20.9. The third-order valence-electron chi connectivity index (χ3n) is 4.71. The maximum atomic E-state index is 12.4. The SMILES string of the molecule is CCC(CC)(CNC(=O)c1n[nH]c(C)c1[N+](=O)[O-])c1ccc(Cl)cc1. The van der Waals surface area contributed by atoms with E-state index < -0.39 is 10.8 Å². The zero-order valence-electron chi connectivity index (χ0n) is 14.4. The van der Waals surface area contributed by atoms with Gasteiger partial charge in [-0.1, -0.05) is 37.6 Å². The highest BCUT2D eigenvalue weighted by molar-refractivity contribution is 6.30. The van der Waals surface area contributed by atoms with Crippen LogP contribution in [0.2, 0.25) is 5.02 Å². The van der Waals surface area contributed by atoms with E-state index in [2.05, 4.69) is 15.5 Å². The van der Waals surface area contributed by atoms with E-state index in [-0.39, 0.29) is 22.5 Å². The monoisotopic (exact) mass is 364 g/mol. The number of hydrogen-bond donors (Lipinski definition) is 2. The molecule has 0 fully saturated rings. The van der Waals surface area contributed by atoms with Crippen molar-refractivity contribution in [2.24, 2.45) is 0 Å². The van der Waals surface area contributed by atoms with E-state index in [1.807, 2.05) is 38.1 Å². The molecule has 1 heterocycles. The largest absolute Gasteiger partial charge is 0.350 e. The lowest BCUT2D eigenvalue weighted by Gasteiger charge is -2.32. The Hall–Kier alpha value is -2.41. The molecule has 0 aliphatic carbocycles. The van der Waals surface area contributed by atoms with Gasteiger partial charge in [0, 0.05) is 17.0 Å². The summed E-state index contributed by atoms with van der Waals surface area (Å²) < 4.78 is 0. The number of aryl methyl sites for hydroxylation is 1. The normalized spacial score (nSPS) is 11.4. The fourth-order valence-corrected chi connectivity index (χ4v) is 3.08.